The third-order valence-electron chi connectivity index (χ3n) is 0.860. The molecule has 3 N–H and O–H groups in total. The van der Waals surface area contributed by atoms with Gasteiger partial charge in [-0.2, -0.15) is 0 Å². The lowest BCUT2D eigenvalue weighted by Crippen LogP contribution is -2.15. The van der Waals surface area contributed by atoms with Gasteiger partial charge in [-0.15, -0.1) is 0 Å². The Morgan fingerprint density at radius 2 is 2.56 bits per heavy atom. The molecule has 0 radical (unpaired) electrons. The van der Waals surface area contributed by atoms with Crippen LogP contribution in [0.3, 0.4) is 0 Å². The van der Waals surface area contributed by atoms with Gasteiger partial charge >= 0.3 is 5.97 Å². The molecule has 0 aromatic carbocycles. The van der Waals surface area contributed by atoms with E-state index in [9.17, 15) is 4.79 Å². The van der Waals surface area contributed by atoms with Crippen LogP contribution in [-0.4, -0.2) is 20.7 Å². The number of imidazole rings is 1. The van der Waals surface area contributed by atoms with E-state index in [1.54, 1.807) is 0 Å². The van der Waals surface area contributed by atoms with Crippen molar-refractivity contribution in [1.82, 2.24) is 9.66 Å². The van der Waals surface area contributed by atoms with Gasteiger partial charge in [-0.1, -0.05) is 0 Å². The van der Waals surface area contributed by atoms with E-state index < -0.39 is 5.97 Å². The lowest BCUT2D eigenvalue weighted by atomic mass is 10.6. The number of hydrogen-bond acceptors (Lipinski definition) is 3. The Kier molecular flexibility index (Phi) is 1.11. The maximum atomic E-state index is 10.1. The minimum Gasteiger partial charge on any atom is -0.475 e. The fraction of sp³-hybridized carbons (Fsp3) is 0. The molecule has 0 saturated heterocycles. The normalized spacial score (nSPS) is 9.33. The molecular weight excluding hydrogens is 122 g/mol. The number of carboxylic acid groups (broad SMARTS) is 1. The van der Waals surface area contributed by atoms with Gasteiger partial charge in [0.2, 0.25) is 5.82 Å². The highest BCUT2D eigenvalue weighted by Gasteiger charge is 2.06. The summed E-state index contributed by atoms with van der Waals surface area (Å²) in [5.41, 5.74) is 0. The average Bonchev–Trinajstić information content (AvgIpc) is 2.13. The number of carboxylic acids is 1. The Morgan fingerprint density at radius 1 is 1.89 bits per heavy atom. The van der Waals surface area contributed by atoms with Crippen molar-refractivity contribution in [3.8, 4) is 0 Å². The molecule has 0 aliphatic rings. The van der Waals surface area contributed by atoms with E-state index >= 15 is 0 Å². The van der Waals surface area contributed by atoms with Gasteiger partial charge in [0.25, 0.3) is 0 Å². The summed E-state index contributed by atoms with van der Waals surface area (Å²) in [6, 6.07) is 0. The second-order valence-electron chi connectivity index (χ2n) is 1.46. The van der Waals surface area contributed by atoms with Crippen molar-refractivity contribution in [2.24, 2.45) is 0 Å². The summed E-state index contributed by atoms with van der Waals surface area (Å²) in [6.07, 6.45) is 2.69. The van der Waals surface area contributed by atoms with Crippen LogP contribution < -0.4 is 5.84 Å². The number of aromatic nitrogens is 2. The summed E-state index contributed by atoms with van der Waals surface area (Å²) in [5.74, 6) is 3.83. The molecule has 1 rings (SSSR count). The van der Waals surface area contributed by atoms with Gasteiger partial charge < -0.3 is 10.9 Å². The van der Waals surface area contributed by atoms with Crippen LogP contribution in [0, 0.1) is 0 Å². The zero-order chi connectivity index (χ0) is 6.85. The third-order valence-corrected chi connectivity index (χ3v) is 0.860. The van der Waals surface area contributed by atoms with Crippen LogP contribution in [0.1, 0.15) is 10.6 Å². The largest absolute Gasteiger partial charge is 0.475 e. The van der Waals surface area contributed by atoms with Crippen LogP contribution in [0.4, 0.5) is 0 Å². The Morgan fingerprint density at radius 3 is 2.78 bits per heavy atom. The minimum absolute atomic E-state index is 0.157. The summed E-state index contributed by atoms with van der Waals surface area (Å²) in [4.78, 5) is 13.6. The fourth-order valence-corrected chi connectivity index (χ4v) is 0.479. The van der Waals surface area contributed by atoms with Crippen molar-refractivity contribution in [2.45, 2.75) is 0 Å². The van der Waals surface area contributed by atoms with E-state index in [0.717, 1.165) is 4.68 Å². The standard InChI is InChI=1S/C4H5N3O2/c5-7-2-1-6-3(7)4(8)9/h1-2H,5H2,(H,8,9). The van der Waals surface area contributed by atoms with Crippen LogP contribution in [0.15, 0.2) is 12.4 Å². The third kappa shape index (κ3) is 0.835. The number of nitrogens with zero attached hydrogens (tertiary/aromatic N) is 2. The van der Waals surface area contributed by atoms with Crippen molar-refractivity contribution < 1.29 is 9.90 Å². The topological polar surface area (TPSA) is 81.1 Å². The van der Waals surface area contributed by atoms with E-state index in [2.05, 4.69) is 4.98 Å². The molecule has 0 unspecified atom stereocenters. The molecule has 0 spiro atoms. The van der Waals surface area contributed by atoms with Gasteiger partial charge in [0.1, 0.15) is 0 Å². The molecule has 0 aliphatic heterocycles. The van der Waals surface area contributed by atoms with Crippen molar-refractivity contribution in [3.63, 3.8) is 0 Å². The molecular formula is C4H5N3O2. The minimum atomic E-state index is -1.12. The number of hydrogen-bond donors (Lipinski definition) is 2. The molecule has 0 bridgehead atoms. The van der Waals surface area contributed by atoms with E-state index in [0.29, 0.717) is 0 Å². The molecule has 1 heterocycles. The maximum Gasteiger partial charge on any atom is 0.373 e. The summed E-state index contributed by atoms with van der Waals surface area (Å²) in [7, 11) is 0. The Bertz CT molecular complexity index is 229. The summed E-state index contributed by atoms with van der Waals surface area (Å²) < 4.78 is 0.947. The predicted octanol–water partition coefficient (Wildman–Crippen LogP) is -0.705. The van der Waals surface area contributed by atoms with Gasteiger partial charge in [-0.05, 0) is 0 Å². The van der Waals surface area contributed by atoms with Crippen LogP contribution in [0.5, 0.6) is 0 Å². The molecule has 9 heavy (non-hydrogen) atoms. The maximum absolute atomic E-state index is 10.1. The monoisotopic (exact) mass is 127 g/mol. The highest BCUT2D eigenvalue weighted by Crippen LogP contribution is 1.89. The predicted molar refractivity (Wildman–Crippen MR) is 29.3 cm³/mol. The summed E-state index contributed by atoms with van der Waals surface area (Å²) in [5, 5.41) is 8.29. The highest BCUT2D eigenvalue weighted by molar-refractivity contribution is 5.83. The molecule has 5 heteroatoms. The van der Waals surface area contributed by atoms with E-state index in [-0.39, 0.29) is 5.82 Å². The quantitative estimate of drug-likeness (QED) is 0.488. The number of carbonyl (C=O) groups is 1. The molecule has 0 fully saturated rings. The average molecular weight is 127 g/mol. The number of rotatable bonds is 1. The van der Waals surface area contributed by atoms with Crippen LogP contribution in [-0.2, 0) is 0 Å². The van der Waals surface area contributed by atoms with Gasteiger partial charge in [0, 0.05) is 12.4 Å². The van der Waals surface area contributed by atoms with Crippen LogP contribution in [0.25, 0.3) is 0 Å². The van der Waals surface area contributed by atoms with Crippen molar-refractivity contribution in [2.75, 3.05) is 5.84 Å². The molecule has 48 valence electrons. The summed E-state index contributed by atoms with van der Waals surface area (Å²) in [6.45, 7) is 0. The van der Waals surface area contributed by atoms with E-state index in [1.165, 1.54) is 12.4 Å². The molecule has 1 aromatic heterocycles. The number of nitrogen functional groups attached to an aromatic ring is 1. The second-order valence-corrected chi connectivity index (χ2v) is 1.46. The fourth-order valence-electron chi connectivity index (χ4n) is 0.479. The molecule has 0 atom stereocenters. The Balaban J connectivity index is 3.08. The molecule has 5 nitrogen and oxygen atoms in total. The van der Waals surface area contributed by atoms with Crippen LogP contribution in [0.2, 0.25) is 0 Å². The molecule has 0 aliphatic carbocycles. The van der Waals surface area contributed by atoms with Gasteiger partial charge in [-0.25, -0.2) is 14.5 Å². The number of aromatic carboxylic acids is 1. The van der Waals surface area contributed by atoms with Gasteiger partial charge in [-0.3, -0.25) is 0 Å². The first kappa shape index (κ1) is 5.61. The molecule has 0 amide bonds. The lowest BCUT2D eigenvalue weighted by molar-refractivity contribution is 0.0680. The smallest absolute Gasteiger partial charge is 0.373 e. The van der Waals surface area contributed by atoms with E-state index in [4.69, 9.17) is 10.9 Å². The first-order valence-electron chi connectivity index (χ1n) is 2.23. The van der Waals surface area contributed by atoms with Crippen LogP contribution >= 0.6 is 0 Å². The summed E-state index contributed by atoms with van der Waals surface area (Å²) >= 11 is 0. The van der Waals surface area contributed by atoms with Gasteiger partial charge in [0.15, 0.2) is 0 Å². The first-order chi connectivity index (χ1) is 4.22. The zero-order valence-corrected chi connectivity index (χ0v) is 4.48. The highest BCUT2D eigenvalue weighted by atomic mass is 16.4. The zero-order valence-electron chi connectivity index (χ0n) is 4.48. The van der Waals surface area contributed by atoms with Crippen molar-refractivity contribution >= 4 is 5.97 Å². The molecule has 1 aromatic rings. The van der Waals surface area contributed by atoms with Crippen molar-refractivity contribution in [3.05, 3.63) is 18.2 Å². The van der Waals surface area contributed by atoms with Gasteiger partial charge in [0.05, 0.1) is 0 Å². The first-order valence-corrected chi connectivity index (χ1v) is 2.23. The second kappa shape index (κ2) is 1.77. The lowest BCUT2D eigenvalue weighted by Gasteiger charge is -1.91. The Hall–Kier alpha value is -1.52. The number of nitrogens with two attached hydrogens (primary N) is 1. The van der Waals surface area contributed by atoms with E-state index in [1.807, 2.05) is 0 Å². The Labute approximate surface area is 50.7 Å². The van der Waals surface area contributed by atoms with Crippen molar-refractivity contribution in [1.29, 1.82) is 0 Å². The SMILES string of the molecule is Nn1ccnc1C(=O)O. The molecule has 0 saturated carbocycles.